The third kappa shape index (κ3) is 4.12. The standard InChI is InChI=1S/C29H17BF2I2N2/c31-30(32)36-27(23-14-12-21(34)16-25(23)29(36)19-9-5-2-6-10-19)17-26-22-13-11-20(33)15-24(22)28(35-26)18-7-3-1-4-8-18/h1-17H/b26-17+. The second-order valence-corrected chi connectivity index (χ2v) is 11.0. The fourth-order valence-electron chi connectivity index (χ4n) is 4.79. The molecule has 5 aromatic rings. The van der Waals surface area contributed by atoms with E-state index >= 15 is 0 Å². The lowest BCUT2D eigenvalue weighted by Crippen LogP contribution is -2.16. The summed E-state index contributed by atoms with van der Waals surface area (Å²) in [5, 5.41) is 1.57. The van der Waals surface area contributed by atoms with Crippen molar-refractivity contribution >= 4 is 80.8 Å². The lowest BCUT2D eigenvalue weighted by Gasteiger charge is -2.10. The molecular formula is C29H17BF2I2N2. The Labute approximate surface area is 235 Å². The molecule has 0 fully saturated rings. The Morgan fingerprint density at radius 2 is 1.33 bits per heavy atom. The normalized spacial score (nSPS) is 13.8. The van der Waals surface area contributed by atoms with Crippen molar-refractivity contribution in [2.24, 2.45) is 4.99 Å². The summed E-state index contributed by atoms with van der Waals surface area (Å²) < 4.78 is 32.8. The van der Waals surface area contributed by atoms with Gasteiger partial charge in [-0.1, -0.05) is 72.8 Å². The van der Waals surface area contributed by atoms with Crippen molar-refractivity contribution < 1.29 is 8.63 Å². The molecule has 0 spiro atoms. The summed E-state index contributed by atoms with van der Waals surface area (Å²) >= 11 is 4.52. The molecule has 36 heavy (non-hydrogen) atoms. The van der Waals surface area contributed by atoms with Gasteiger partial charge >= 0.3 is 7.40 Å². The van der Waals surface area contributed by atoms with Crippen LogP contribution in [0.1, 0.15) is 22.4 Å². The smallest absolute Gasteiger partial charge is 0.324 e. The van der Waals surface area contributed by atoms with Crippen molar-refractivity contribution in [2.75, 3.05) is 0 Å². The van der Waals surface area contributed by atoms with E-state index in [2.05, 4.69) is 51.2 Å². The van der Waals surface area contributed by atoms with E-state index < -0.39 is 7.40 Å². The third-order valence-corrected chi connectivity index (χ3v) is 7.66. The summed E-state index contributed by atoms with van der Waals surface area (Å²) in [5.41, 5.74) is 6.20. The van der Waals surface area contributed by atoms with Crippen LogP contribution >= 0.6 is 45.2 Å². The molecule has 0 N–H and O–H groups in total. The summed E-state index contributed by atoms with van der Waals surface area (Å²) in [5.74, 6) is 0. The van der Waals surface area contributed by atoms with Crippen LogP contribution in [0.15, 0.2) is 102 Å². The SMILES string of the molecule is FB(F)n1c(/C=C2/N=C(c3ccccc3)c3cc(I)ccc32)c2ccc(I)cc2c1-c1ccccc1. The van der Waals surface area contributed by atoms with Gasteiger partial charge in [-0.15, -0.1) is 0 Å². The number of aromatic nitrogens is 1. The number of nitrogens with zero attached hydrogens (tertiary/aromatic N) is 2. The lowest BCUT2D eigenvalue weighted by atomic mass is 9.99. The molecule has 0 saturated carbocycles. The minimum absolute atomic E-state index is 0.452. The molecule has 0 amide bonds. The fraction of sp³-hybridized carbons (Fsp3) is 0. The monoisotopic (exact) mass is 696 g/mol. The molecule has 2 heterocycles. The first-order chi connectivity index (χ1) is 17.5. The highest BCUT2D eigenvalue weighted by Crippen LogP contribution is 2.40. The maximum Gasteiger partial charge on any atom is 0.678 e. The second-order valence-electron chi connectivity index (χ2n) is 8.48. The number of halogens is 4. The molecule has 4 aromatic carbocycles. The van der Waals surface area contributed by atoms with Crippen LogP contribution in [0.3, 0.4) is 0 Å². The molecule has 0 aliphatic carbocycles. The van der Waals surface area contributed by atoms with Crippen molar-refractivity contribution in [1.82, 2.24) is 4.48 Å². The zero-order chi connectivity index (χ0) is 24.8. The van der Waals surface area contributed by atoms with Crippen LogP contribution in [0.5, 0.6) is 0 Å². The molecule has 0 saturated heterocycles. The molecule has 2 nitrogen and oxygen atoms in total. The van der Waals surface area contributed by atoms with Gasteiger partial charge in [0.05, 0.1) is 11.4 Å². The number of fused-ring (bicyclic) bond motifs is 2. The number of hydrogen-bond donors (Lipinski definition) is 0. The van der Waals surface area contributed by atoms with Crippen molar-refractivity contribution in [3.63, 3.8) is 0 Å². The molecule has 1 aromatic heterocycles. The predicted molar refractivity (Wildman–Crippen MR) is 163 cm³/mol. The van der Waals surface area contributed by atoms with E-state index in [-0.39, 0.29) is 0 Å². The Hall–Kier alpha value is -2.79. The van der Waals surface area contributed by atoms with Crippen LogP contribution in [0.2, 0.25) is 0 Å². The molecule has 174 valence electrons. The molecule has 7 heteroatoms. The Morgan fingerprint density at radius 3 is 2.03 bits per heavy atom. The maximum atomic E-state index is 14.8. The van der Waals surface area contributed by atoms with E-state index in [1.54, 1.807) is 0 Å². The van der Waals surface area contributed by atoms with Crippen LogP contribution in [0, 0.1) is 7.14 Å². The first-order valence-electron chi connectivity index (χ1n) is 11.3. The van der Waals surface area contributed by atoms with Gasteiger partial charge in [-0.25, -0.2) is 4.99 Å². The quantitative estimate of drug-likeness (QED) is 0.132. The number of aliphatic imine (C=N–C) groups is 1. The van der Waals surface area contributed by atoms with E-state index in [0.29, 0.717) is 17.1 Å². The van der Waals surface area contributed by atoms with Gasteiger partial charge in [-0.3, -0.25) is 8.63 Å². The van der Waals surface area contributed by atoms with Crippen molar-refractivity contribution in [1.29, 1.82) is 0 Å². The van der Waals surface area contributed by atoms with Crippen LogP contribution in [0.25, 0.3) is 33.8 Å². The summed E-state index contributed by atoms with van der Waals surface area (Å²) in [6, 6.07) is 31.4. The molecule has 0 atom stereocenters. The van der Waals surface area contributed by atoms with Gasteiger partial charge in [-0.05, 0) is 81.1 Å². The van der Waals surface area contributed by atoms with Gasteiger partial charge in [0.2, 0.25) is 0 Å². The molecule has 1 aliphatic rings. The van der Waals surface area contributed by atoms with Gasteiger partial charge in [0.1, 0.15) is 0 Å². The predicted octanol–water partition coefficient (Wildman–Crippen LogP) is 8.64. The average Bonchev–Trinajstić information content (AvgIpc) is 3.40. The molecule has 0 radical (unpaired) electrons. The molecule has 0 unspecified atom stereocenters. The highest BCUT2D eigenvalue weighted by atomic mass is 127. The highest BCUT2D eigenvalue weighted by molar-refractivity contribution is 14.1. The van der Waals surface area contributed by atoms with Gasteiger partial charge in [0.25, 0.3) is 0 Å². The highest BCUT2D eigenvalue weighted by Gasteiger charge is 2.29. The average molecular weight is 696 g/mol. The van der Waals surface area contributed by atoms with Crippen LogP contribution < -0.4 is 0 Å². The minimum atomic E-state index is -2.72. The Kier molecular flexibility index (Phi) is 6.29. The fourth-order valence-corrected chi connectivity index (χ4v) is 5.77. The summed E-state index contributed by atoms with van der Waals surface area (Å²) in [6.45, 7) is 0. The van der Waals surface area contributed by atoms with E-state index in [4.69, 9.17) is 4.99 Å². The summed E-state index contributed by atoms with van der Waals surface area (Å²) in [4.78, 5) is 4.98. The van der Waals surface area contributed by atoms with E-state index in [1.807, 2.05) is 97.1 Å². The first kappa shape index (κ1) is 23.6. The second kappa shape index (κ2) is 9.59. The van der Waals surface area contributed by atoms with Gasteiger partial charge in [0.15, 0.2) is 0 Å². The van der Waals surface area contributed by atoms with Crippen molar-refractivity contribution in [2.45, 2.75) is 0 Å². The van der Waals surface area contributed by atoms with Gasteiger partial charge in [0, 0.05) is 46.0 Å². The summed E-state index contributed by atoms with van der Waals surface area (Å²) in [6.07, 6.45) is 1.81. The number of hydrogen-bond acceptors (Lipinski definition) is 1. The largest absolute Gasteiger partial charge is 0.678 e. The van der Waals surface area contributed by atoms with Crippen molar-refractivity contribution in [3.8, 4) is 11.3 Å². The molecule has 1 aliphatic heterocycles. The van der Waals surface area contributed by atoms with E-state index in [0.717, 1.165) is 50.4 Å². The van der Waals surface area contributed by atoms with Gasteiger partial charge < -0.3 is 4.48 Å². The molecule has 0 bridgehead atoms. The third-order valence-electron chi connectivity index (χ3n) is 6.32. The Bertz CT molecular complexity index is 1680. The van der Waals surface area contributed by atoms with E-state index in [9.17, 15) is 8.63 Å². The van der Waals surface area contributed by atoms with Gasteiger partial charge in [-0.2, -0.15) is 0 Å². The van der Waals surface area contributed by atoms with Crippen LogP contribution in [-0.4, -0.2) is 17.6 Å². The first-order valence-corrected chi connectivity index (χ1v) is 13.5. The number of rotatable bonds is 4. The molecule has 6 rings (SSSR count). The Balaban J connectivity index is 1.65. The maximum absolute atomic E-state index is 14.8. The minimum Gasteiger partial charge on any atom is -0.324 e. The van der Waals surface area contributed by atoms with Crippen LogP contribution in [0.4, 0.5) is 8.63 Å². The topological polar surface area (TPSA) is 17.3 Å². The van der Waals surface area contributed by atoms with Crippen LogP contribution in [-0.2, 0) is 0 Å². The number of benzene rings is 4. The van der Waals surface area contributed by atoms with E-state index in [1.165, 1.54) is 0 Å². The molecular weight excluding hydrogens is 679 g/mol. The lowest BCUT2D eigenvalue weighted by molar-refractivity contribution is 0.631. The summed E-state index contributed by atoms with van der Waals surface area (Å²) in [7, 11) is -2.72. The zero-order valence-corrected chi connectivity index (χ0v) is 23.1. The zero-order valence-electron chi connectivity index (χ0n) is 18.8. The van der Waals surface area contributed by atoms with Crippen molar-refractivity contribution in [3.05, 3.63) is 127 Å². The Morgan fingerprint density at radius 1 is 0.694 bits per heavy atom.